The van der Waals surface area contributed by atoms with Crippen molar-refractivity contribution >= 4 is 0 Å². The van der Waals surface area contributed by atoms with E-state index in [9.17, 15) is 0 Å². The van der Waals surface area contributed by atoms with Crippen molar-refractivity contribution in [3.05, 3.63) is 24.0 Å². The van der Waals surface area contributed by atoms with Crippen LogP contribution in [0.4, 0.5) is 0 Å². The first kappa shape index (κ1) is 17.8. The first-order valence-electron chi connectivity index (χ1n) is 7.08. The monoisotopic (exact) mass is 334 g/mol. The Hall–Kier alpha value is -1.52. The highest BCUT2D eigenvalue weighted by Crippen LogP contribution is 2.35. The van der Waals surface area contributed by atoms with E-state index in [2.05, 4.69) is 0 Å². The molecule has 9 heteroatoms. The molecule has 2 rings (SSSR count). The molecule has 0 fully saturated rings. The molecule has 0 aromatic carbocycles. The topological polar surface area (TPSA) is 83.1 Å². The molecule has 0 aliphatic carbocycles. The summed E-state index contributed by atoms with van der Waals surface area (Å²) < 4.78 is 28.1. The Bertz CT molecular complexity index is 422. The van der Waals surface area contributed by atoms with Crippen molar-refractivity contribution in [3.63, 3.8) is 0 Å². The Kier molecular flexibility index (Phi) is 6.93. The molecule has 0 saturated carbocycles. The van der Waals surface area contributed by atoms with Gasteiger partial charge in [0, 0.05) is 7.11 Å². The summed E-state index contributed by atoms with van der Waals surface area (Å²) in [5.41, 5.74) is -1.14. The molecule has 0 aromatic rings. The van der Waals surface area contributed by atoms with Crippen LogP contribution in [0.2, 0.25) is 0 Å². The summed E-state index contributed by atoms with van der Waals surface area (Å²) in [5, 5.41) is 0. The molecule has 2 heterocycles. The van der Waals surface area contributed by atoms with Crippen LogP contribution in [0.5, 0.6) is 0 Å². The maximum atomic E-state index is 6.02. The Labute approximate surface area is 134 Å². The number of hydrogen-bond acceptors (Lipinski definition) is 9. The fourth-order valence-corrected chi connectivity index (χ4v) is 2.38. The highest BCUT2D eigenvalue weighted by molar-refractivity contribution is 5.21. The SMILES string of the molecule is COCC1(C2OCCOO/C=C\2OC)OCCOO/C=C/1OC. The lowest BCUT2D eigenvalue weighted by Gasteiger charge is -2.41. The Morgan fingerprint density at radius 1 is 1.00 bits per heavy atom. The zero-order valence-electron chi connectivity index (χ0n) is 13.4. The van der Waals surface area contributed by atoms with Gasteiger partial charge < -0.3 is 33.5 Å². The average molecular weight is 334 g/mol. The zero-order chi connectivity index (χ0) is 16.5. The molecule has 0 amide bonds. The highest BCUT2D eigenvalue weighted by atomic mass is 17.2. The van der Waals surface area contributed by atoms with E-state index in [0.717, 1.165) is 0 Å². The van der Waals surface area contributed by atoms with E-state index in [-0.39, 0.29) is 33.0 Å². The van der Waals surface area contributed by atoms with Crippen LogP contribution in [-0.4, -0.2) is 66.1 Å². The van der Waals surface area contributed by atoms with E-state index in [4.69, 9.17) is 43.2 Å². The molecule has 2 aliphatic rings. The van der Waals surface area contributed by atoms with Crippen molar-refractivity contribution in [3.8, 4) is 0 Å². The summed E-state index contributed by atoms with van der Waals surface area (Å²) in [4.78, 5) is 19.8. The molecule has 0 saturated heterocycles. The fourth-order valence-electron chi connectivity index (χ4n) is 2.38. The molecule has 0 N–H and O–H groups in total. The highest BCUT2D eigenvalue weighted by Gasteiger charge is 2.50. The van der Waals surface area contributed by atoms with Crippen LogP contribution in [-0.2, 0) is 43.2 Å². The minimum atomic E-state index is -1.14. The van der Waals surface area contributed by atoms with E-state index in [0.29, 0.717) is 11.5 Å². The molecular formula is C14H22O9. The Morgan fingerprint density at radius 2 is 1.74 bits per heavy atom. The predicted octanol–water partition coefficient (Wildman–Crippen LogP) is 0.673. The normalized spacial score (nSPS) is 34.0. The van der Waals surface area contributed by atoms with E-state index >= 15 is 0 Å². The molecule has 2 atom stereocenters. The van der Waals surface area contributed by atoms with Crippen LogP contribution in [0, 0.1) is 0 Å². The van der Waals surface area contributed by atoms with Crippen molar-refractivity contribution in [2.24, 2.45) is 0 Å². The summed E-state index contributed by atoms with van der Waals surface area (Å²) in [7, 11) is 4.53. The summed E-state index contributed by atoms with van der Waals surface area (Å²) in [6.07, 6.45) is 1.92. The van der Waals surface area contributed by atoms with Crippen LogP contribution >= 0.6 is 0 Å². The van der Waals surface area contributed by atoms with Crippen molar-refractivity contribution in [1.29, 1.82) is 0 Å². The molecular weight excluding hydrogens is 312 g/mol. The molecule has 0 spiro atoms. The third-order valence-electron chi connectivity index (χ3n) is 3.35. The molecule has 0 radical (unpaired) electrons. The Balaban J connectivity index is 2.45. The fraction of sp³-hybridized carbons (Fsp3) is 0.714. The second-order valence-electron chi connectivity index (χ2n) is 4.67. The van der Waals surface area contributed by atoms with Crippen molar-refractivity contribution < 1.29 is 43.2 Å². The molecule has 0 aromatic heterocycles. The largest absolute Gasteiger partial charge is 0.495 e. The quantitative estimate of drug-likeness (QED) is 0.674. The van der Waals surface area contributed by atoms with Crippen LogP contribution in [0.3, 0.4) is 0 Å². The predicted molar refractivity (Wildman–Crippen MR) is 74.6 cm³/mol. The minimum absolute atomic E-state index is 0.127. The zero-order valence-corrected chi connectivity index (χ0v) is 13.4. The third kappa shape index (κ3) is 4.06. The van der Waals surface area contributed by atoms with Gasteiger partial charge in [0.05, 0.1) is 34.0 Å². The molecule has 2 unspecified atom stereocenters. The van der Waals surface area contributed by atoms with E-state index in [1.807, 2.05) is 0 Å². The summed E-state index contributed by atoms with van der Waals surface area (Å²) in [6.45, 7) is 1.10. The second-order valence-corrected chi connectivity index (χ2v) is 4.67. The summed E-state index contributed by atoms with van der Waals surface area (Å²) in [5.74, 6) is 0.680. The third-order valence-corrected chi connectivity index (χ3v) is 3.35. The van der Waals surface area contributed by atoms with Crippen LogP contribution in [0.1, 0.15) is 0 Å². The van der Waals surface area contributed by atoms with Gasteiger partial charge in [-0.3, -0.25) is 0 Å². The number of ether oxygens (including phenoxy) is 5. The lowest BCUT2D eigenvalue weighted by atomic mass is 9.93. The molecule has 0 bridgehead atoms. The summed E-state index contributed by atoms with van der Waals surface area (Å²) in [6, 6.07) is 0. The van der Waals surface area contributed by atoms with Crippen molar-refractivity contribution in [2.45, 2.75) is 11.7 Å². The first-order chi connectivity index (χ1) is 11.3. The van der Waals surface area contributed by atoms with Gasteiger partial charge in [0.2, 0.25) is 0 Å². The smallest absolute Gasteiger partial charge is 0.185 e. The van der Waals surface area contributed by atoms with Gasteiger partial charge in [-0.25, -0.2) is 0 Å². The van der Waals surface area contributed by atoms with Crippen LogP contribution in [0.25, 0.3) is 0 Å². The average Bonchev–Trinajstić information content (AvgIpc) is 2.51. The van der Waals surface area contributed by atoms with Gasteiger partial charge in [0.15, 0.2) is 35.7 Å². The number of hydrogen-bond donors (Lipinski definition) is 0. The second kappa shape index (κ2) is 8.94. The first-order valence-corrected chi connectivity index (χ1v) is 7.08. The van der Waals surface area contributed by atoms with Gasteiger partial charge >= 0.3 is 0 Å². The maximum absolute atomic E-state index is 6.02. The van der Waals surface area contributed by atoms with Gasteiger partial charge in [-0.1, -0.05) is 0 Å². The minimum Gasteiger partial charge on any atom is -0.495 e. The van der Waals surface area contributed by atoms with Crippen molar-refractivity contribution in [1.82, 2.24) is 0 Å². The van der Waals surface area contributed by atoms with E-state index < -0.39 is 11.7 Å². The van der Waals surface area contributed by atoms with Gasteiger partial charge in [0.1, 0.15) is 13.2 Å². The van der Waals surface area contributed by atoms with Crippen LogP contribution < -0.4 is 0 Å². The number of methoxy groups -OCH3 is 3. The van der Waals surface area contributed by atoms with Gasteiger partial charge in [-0.05, 0) is 0 Å². The maximum Gasteiger partial charge on any atom is 0.185 e. The van der Waals surface area contributed by atoms with Gasteiger partial charge in [-0.15, -0.1) is 0 Å². The molecule has 23 heavy (non-hydrogen) atoms. The molecule has 132 valence electrons. The molecule has 9 nitrogen and oxygen atoms in total. The van der Waals surface area contributed by atoms with Gasteiger partial charge in [-0.2, -0.15) is 9.78 Å². The van der Waals surface area contributed by atoms with E-state index in [1.54, 1.807) is 7.11 Å². The summed E-state index contributed by atoms with van der Waals surface area (Å²) >= 11 is 0. The van der Waals surface area contributed by atoms with E-state index in [1.165, 1.54) is 26.7 Å². The lowest BCUT2D eigenvalue weighted by Crippen LogP contribution is -2.54. The molecule has 2 aliphatic heterocycles. The van der Waals surface area contributed by atoms with Crippen molar-refractivity contribution in [2.75, 3.05) is 54.4 Å². The van der Waals surface area contributed by atoms with Gasteiger partial charge in [0.25, 0.3) is 0 Å². The number of rotatable bonds is 5. The standard InChI is InChI=1S/C14H22O9/c1-15-10-14(12(17-3)9-23-21-7-5-19-14)13-11(16-2)8-22-20-6-4-18-13/h8-9,13H,4-7,10H2,1-3H3/b11-8+,12-9-. The lowest BCUT2D eigenvalue weighted by molar-refractivity contribution is -0.290. The van der Waals surface area contributed by atoms with Crippen LogP contribution in [0.15, 0.2) is 24.0 Å². The Morgan fingerprint density at radius 3 is 2.43 bits per heavy atom.